The number of nitrogens with zero attached hydrogens (tertiary/aromatic N) is 1. The van der Waals surface area contributed by atoms with Crippen LogP contribution in [-0.4, -0.2) is 43.4 Å². The van der Waals surface area contributed by atoms with Gasteiger partial charge in [0.05, 0.1) is 11.2 Å². The van der Waals surface area contributed by atoms with E-state index >= 15 is 0 Å². The zero-order valence-corrected chi connectivity index (χ0v) is 11.2. The lowest BCUT2D eigenvalue weighted by Crippen LogP contribution is -2.41. The van der Waals surface area contributed by atoms with Crippen molar-refractivity contribution in [2.24, 2.45) is 0 Å². The Balaban J connectivity index is 1.98. The highest BCUT2D eigenvalue weighted by Gasteiger charge is 2.53. The normalized spacial score (nSPS) is 30.9. The van der Waals surface area contributed by atoms with Gasteiger partial charge >= 0.3 is 7.12 Å². The van der Waals surface area contributed by atoms with E-state index in [1.807, 2.05) is 0 Å². The smallest absolute Gasteiger partial charge is 0.403 e. The molecule has 0 spiro atoms. The quantitative estimate of drug-likeness (QED) is 0.638. The minimum atomic E-state index is -0.180. The van der Waals surface area contributed by atoms with Gasteiger partial charge < -0.3 is 14.2 Å². The lowest BCUT2D eigenvalue weighted by Gasteiger charge is -2.32. The number of likely N-dealkylation sites (tertiary alicyclic amines) is 1. The second-order valence-corrected chi connectivity index (χ2v) is 6.27. The zero-order valence-electron chi connectivity index (χ0n) is 11.2. The third-order valence-electron chi connectivity index (χ3n) is 4.42. The summed E-state index contributed by atoms with van der Waals surface area (Å²) in [6.07, 6.45) is 2.38. The largest absolute Gasteiger partial charge is 0.461 e. The van der Waals surface area contributed by atoms with Crippen LogP contribution in [0, 0.1) is 0 Å². The van der Waals surface area contributed by atoms with Gasteiger partial charge in [-0.1, -0.05) is 0 Å². The van der Waals surface area contributed by atoms with Gasteiger partial charge in [-0.05, 0) is 66.5 Å². The van der Waals surface area contributed by atoms with Crippen molar-refractivity contribution >= 4 is 7.12 Å². The first-order valence-corrected chi connectivity index (χ1v) is 6.36. The number of piperidine rings is 1. The summed E-state index contributed by atoms with van der Waals surface area (Å²) in [5.74, 6) is 0.567. The van der Waals surface area contributed by atoms with Crippen molar-refractivity contribution in [3.8, 4) is 0 Å². The van der Waals surface area contributed by atoms with Crippen LogP contribution in [-0.2, 0) is 9.31 Å². The van der Waals surface area contributed by atoms with E-state index in [1.165, 1.54) is 12.8 Å². The molecule has 2 rings (SSSR count). The highest BCUT2D eigenvalue weighted by Crippen LogP contribution is 2.42. The fourth-order valence-corrected chi connectivity index (χ4v) is 2.38. The number of hydrogen-bond acceptors (Lipinski definition) is 3. The van der Waals surface area contributed by atoms with Gasteiger partial charge in [0.15, 0.2) is 0 Å². The molecule has 0 aromatic heterocycles. The Kier molecular flexibility index (Phi) is 3.10. The van der Waals surface area contributed by atoms with Crippen molar-refractivity contribution in [1.29, 1.82) is 0 Å². The van der Waals surface area contributed by atoms with Crippen molar-refractivity contribution in [3.05, 3.63) is 0 Å². The summed E-state index contributed by atoms with van der Waals surface area (Å²) in [5.41, 5.74) is -0.359. The highest BCUT2D eigenvalue weighted by molar-refractivity contribution is 6.47. The molecule has 2 fully saturated rings. The van der Waals surface area contributed by atoms with E-state index in [4.69, 9.17) is 9.31 Å². The average Bonchev–Trinajstić information content (AvgIpc) is 2.37. The highest BCUT2D eigenvalue weighted by atomic mass is 16.7. The summed E-state index contributed by atoms with van der Waals surface area (Å²) in [6.45, 7) is 10.8. The van der Waals surface area contributed by atoms with Crippen molar-refractivity contribution in [2.75, 3.05) is 20.1 Å². The standard InChI is InChI=1S/C12H24BNO2/c1-11(2)12(3,4)16-13(15-11)10-6-8-14(5)9-7-10/h10H,6-9H2,1-5H3. The Labute approximate surface area is 99.6 Å². The minimum Gasteiger partial charge on any atom is -0.403 e. The van der Waals surface area contributed by atoms with Gasteiger partial charge in [-0.25, -0.2) is 0 Å². The summed E-state index contributed by atoms with van der Waals surface area (Å²) in [7, 11) is 2.18. The molecule has 0 unspecified atom stereocenters. The van der Waals surface area contributed by atoms with Gasteiger partial charge in [0, 0.05) is 0 Å². The Morgan fingerprint density at radius 1 is 1.00 bits per heavy atom. The topological polar surface area (TPSA) is 21.7 Å². The monoisotopic (exact) mass is 225 g/mol. The molecular weight excluding hydrogens is 201 g/mol. The van der Waals surface area contributed by atoms with Gasteiger partial charge in [0.25, 0.3) is 0 Å². The van der Waals surface area contributed by atoms with Crippen LogP contribution in [0.1, 0.15) is 40.5 Å². The van der Waals surface area contributed by atoms with Gasteiger partial charge in [-0.15, -0.1) is 0 Å². The van der Waals surface area contributed by atoms with Gasteiger partial charge in [-0.2, -0.15) is 0 Å². The maximum Gasteiger partial charge on any atom is 0.461 e. The first-order chi connectivity index (χ1) is 7.32. The lowest BCUT2D eigenvalue weighted by molar-refractivity contribution is 0.00578. The SMILES string of the molecule is CN1CCC(B2OC(C)(C)C(C)(C)O2)CC1. The van der Waals surface area contributed by atoms with Crippen molar-refractivity contribution in [3.63, 3.8) is 0 Å². The zero-order chi connectivity index (χ0) is 12.0. The third kappa shape index (κ3) is 2.15. The molecule has 4 heteroatoms. The summed E-state index contributed by atoms with van der Waals surface area (Å²) >= 11 is 0. The molecule has 2 aliphatic heterocycles. The summed E-state index contributed by atoms with van der Waals surface area (Å²) in [5, 5.41) is 0. The van der Waals surface area contributed by atoms with E-state index < -0.39 is 0 Å². The molecule has 0 bridgehead atoms. The van der Waals surface area contributed by atoms with Gasteiger partial charge in [-0.3, -0.25) is 0 Å². The van der Waals surface area contributed by atoms with Gasteiger partial charge in [0.1, 0.15) is 0 Å². The maximum atomic E-state index is 6.10. The van der Waals surface area contributed by atoms with Crippen LogP contribution >= 0.6 is 0 Å². The van der Waals surface area contributed by atoms with Crippen molar-refractivity contribution in [2.45, 2.75) is 57.6 Å². The minimum absolute atomic E-state index is 0.00120. The maximum absolute atomic E-state index is 6.10. The Bertz CT molecular complexity index is 244. The summed E-state index contributed by atoms with van der Waals surface area (Å²) in [4.78, 5) is 2.38. The van der Waals surface area contributed by atoms with Crippen molar-refractivity contribution in [1.82, 2.24) is 4.90 Å². The molecule has 92 valence electrons. The summed E-state index contributed by atoms with van der Waals surface area (Å²) < 4.78 is 12.2. The number of hydrogen-bond donors (Lipinski definition) is 0. The second-order valence-electron chi connectivity index (χ2n) is 6.27. The van der Waals surface area contributed by atoms with Crippen LogP contribution < -0.4 is 0 Å². The molecule has 0 saturated carbocycles. The fourth-order valence-electron chi connectivity index (χ4n) is 2.38. The Morgan fingerprint density at radius 2 is 1.44 bits per heavy atom. The van der Waals surface area contributed by atoms with Crippen LogP contribution in [0.15, 0.2) is 0 Å². The molecule has 2 saturated heterocycles. The molecular formula is C12H24BNO2. The third-order valence-corrected chi connectivity index (χ3v) is 4.42. The van der Waals surface area contributed by atoms with E-state index in [0.717, 1.165) is 13.1 Å². The van der Waals surface area contributed by atoms with Gasteiger partial charge in [0.2, 0.25) is 0 Å². The fraction of sp³-hybridized carbons (Fsp3) is 1.00. The number of rotatable bonds is 1. The van der Waals surface area contributed by atoms with Crippen LogP contribution in [0.25, 0.3) is 0 Å². The van der Waals surface area contributed by atoms with Crippen LogP contribution in [0.4, 0.5) is 0 Å². The van der Waals surface area contributed by atoms with Crippen LogP contribution in [0.3, 0.4) is 0 Å². The molecule has 0 aromatic rings. The molecule has 0 amide bonds. The van der Waals surface area contributed by atoms with E-state index in [9.17, 15) is 0 Å². The van der Waals surface area contributed by atoms with E-state index in [2.05, 4.69) is 39.6 Å². The molecule has 0 radical (unpaired) electrons. The van der Waals surface area contributed by atoms with Crippen LogP contribution in [0.2, 0.25) is 5.82 Å². The average molecular weight is 225 g/mol. The molecule has 3 nitrogen and oxygen atoms in total. The Morgan fingerprint density at radius 3 is 1.88 bits per heavy atom. The van der Waals surface area contributed by atoms with E-state index in [1.54, 1.807) is 0 Å². The molecule has 0 N–H and O–H groups in total. The molecule has 0 atom stereocenters. The predicted octanol–water partition coefficient (Wildman–Crippen LogP) is 2.17. The Hall–Kier alpha value is -0.0551. The predicted molar refractivity (Wildman–Crippen MR) is 66.6 cm³/mol. The first kappa shape index (κ1) is 12.4. The van der Waals surface area contributed by atoms with Crippen LogP contribution in [0.5, 0.6) is 0 Å². The lowest BCUT2D eigenvalue weighted by atomic mass is 9.67. The molecule has 2 heterocycles. The summed E-state index contributed by atoms with van der Waals surface area (Å²) in [6, 6.07) is 0. The molecule has 0 aliphatic carbocycles. The molecule has 16 heavy (non-hydrogen) atoms. The second kappa shape index (κ2) is 4.00. The van der Waals surface area contributed by atoms with Crippen molar-refractivity contribution < 1.29 is 9.31 Å². The molecule has 0 aromatic carbocycles. The van der Waals surface area contributed by atoms with E-state index in [-0.39, 0.29) is 18.3 Å². The van der Waals surface area contributed by atoms with E-state index in [0.29, 0.717) is 5.82 Å². The molecule has 2 aliphatic rings. The first-order valence-electron chi connectivity index (χ1n) is 6.36.